The molecule has 0 saturated carbocycles. The lowest BCUT2D eigenvalue weighted by atomic mass is 10.0. The van der Waals surface area contributed by atoms with Crippen molar-refractivity contribution in [3.8, 4) is 11.3 Å². The van der Waals surface area contributed by atoms with Crippen LogP contribution in [0.1, 0.15) is 30.9 Å². The second-order valence-electron chi connectivity index (χ2n) is 4.65. The molecule has 0 spiro atoms. The van der Waals surface area contributed by atoms with E-state index in [0.29, 0.717) is 11.6 Å². The number of hydrogen-bond acceptors (Lipinski definition) is 3. The van der Waals surface area contributed by atoms with Gasteiger partial charge in [-0.1, -0.05) is 30.7 Å². The van der Waals surface area contributed by atoms with Crippen LogP contribution in [0.2, 0.25) is 0 Å². The van der Waals surface area contributed by atoms with Crippen LogP contribution in [-0.4, -0.2) is 10.9 Å². The molecule has 0 aliphatic carbocycles. The first kappa shape index (κ1) is 13.7. The summed E-state index contributed by atoms with van der Waals surface area (Å²) in [7, 11) is 0. The molecular weight excluding hydrogens is 256 g/mol. The predicted octanol–water partition coefficient (Wildman–Crippen LogP) is 4.17. The molecular formula is C15H18N2OS. The summed E-state index contributed by atoms with van der Waals surface area (Å²) in [5, 5.41) is 5.49. The Balaban J connectivity index is 2.18. The van der Waals surface area contributed by atoms with Crippen LogP contribution in [0.25, 0.3) is 11.3 Å². The SMILES string of the molecule is CCCC(=O)Nc1nc(-c2ccc(C)cc2C)cs1. The van der Waals surface area contributed by atoms with E-state index in [1.54, 1.807) is 0 Å². The van der Waals surface area contributed by atoms with E-state index in [-0.39, 0.29) is 5.91 Å². The summed E-state index contributed by atoms with van der Waals surface area (Å²) in [4.78, 5) is 16.0. The molecule has 1 aromatic carbocycles. The Morgan fingerprint density at radius 1 is 1.37 bits per heavy atom. The van der Waals surface area contributed by atoms with Gasteiger partial charge in [0.1, 0.15) is 0 Å². The lowest BCUT2D eigenvalue weighted by Crippen LogP contribution is -2.10. The number of nitrogens with one attached hydrogen (secondary N) is 1. The van der Waals surface area contributed by atoms with Crippen molar-refractivity contribution in [1.82, 2.24) is 4.98 Å². The third-order valence-corrected chi connectivity index (χ3v) is 3.64. The van der Waals surface area contributed by atoms with Gasteiger partial charge >= 0.3 is 0 Å². The number of benzene rings is 1. The van der Waals surface area contributed by atoms with Crippen LogP contribution >= 0.6 is 11.3 Å². The smallest absolute Gasteiger partial charge is 0.226 e. The molecule has 2 aromatic rings. The highest BCUT2D eigenvalue weighted by Crippen LogP contribution is 2.28. The van der Waals surface area contributed by atoms with Gasteiger partial charge in [-0.2, -0.15) is 0 Å². The van der Waals surface area contributed by atoms with Crippen LogP contribution in [0, 0.1) is 13.8 Å². The van der Waals surface area contributed by atoms with E-state index in [4.69, 9.17) is 0 Å². The molecule has 2 rings (SSSR count). The van der Waals surface area contributed by atoms with Crippen molar-refractivity contribution >= 4 is 22.4 Å². The Hall–Kier alpha value is -1.68. The predicted molar refractivity (Wildman–Crippen MR) is 80.6 cm³/mol. The quantitative estimate of drug-likeness (QED) is 0.909. The van der Waals surface area contributed by atoms with Gasteiger partial charge in [0, 0.05) is 17.4 Å². The number of hydrogen-bond donors (Lipinski definition) is 1. The maximum atomic E-state index is 11.5. The molecule has 1 N–H and O–H groups in total. The van der Waals surface area contributed by atoms with Crippen molar-refractivity contribution in [2.24, 2.45) is 0 Å². The van der Waals surface area contributed by atoms with Gasteiger partial charge in [0.15, 0.2) is 5.13 Å². The van der Waals surface area contributed by atoms with Crippen LogP contribution < -0.4 is 5.32 Å². The van der Waals surface area contributed by atoms with Gasteiger partial charge in [0.25, 0.3) is 0 Å². The van der Waals surface area contributed by atoms with Gasteiger partial charge in [-0.25, -0.2) is 4.98 Å². The molecule has 4 heteroatoms. The molecule has 19 heavy (non-hydrogen) atoms. The Bertz CT molecular complexity index is 590. The monoisotopic (exact) mass is 274 g/mol. The Kier molecular flexibility index (Phi) is 4.32. The number of carbonyl (C=O) groups is 1. The highest BCUT2D eigenvalue weighted by molar-refractivity contribution is 7.14. The summed E-state index contributed by atoms with van der Waals surface area (Å²) in [5.41, 5.74) is 4.50. The number of aryl methyl sites for hydroxylation is 2. The zero-order valence-electron chi connectivity index (χ0n) is 11.5. The summed E-state index contributed by atoms with van der Waals surface area (Å²) in [6, 6.07) is 6.30. The zero-order valence-corrected chi connectivity index (χ0v) is 12.3. The number of aromatic nitrogens is 1. The summed E-state index contributed by atoms with van der Waals surface area (Å²) >= 11 is 1.47. The second-order valence-corrected chi connectivity index (χ2v) is 5.51. The van der Waals surface area contributed by atoms with Crippen molar-refractivity contribution < 1.29 is 4.79 Å². The summed E-state index contributed by atoms with van der Waals surface area (Å²) in [6.07, 6.45) is 1.39. The fourth-order valence-electron chi connectivity index (χ4n) is 1.96. The minimum atomic E-state index is 0.0315. The van der Waals surface area contributed by atoms with Gasteiger partial charge in [-0.05, 0) is 25.8 Å². The van der Waals surface area contributed by atoms with Crippen LogP contribution in [0.15, 0.2) is 23.6 Å². The summed E-state index contributed by atoms with van der Waals surface area (Å²) < 4.78 is 0. The molecule has 0 aliphatic rings. The second kappa shape index (κ2) is 5.97. The van der Waals surface area contributed by atoms with Gasteiger partial charge in [-0.15, -0.1) is 11.3 Å². The normalized spacial score (nSPS) is 10.5. The van der Waals surface area contributed by atoms with E-state index in [9.17, 15) is 4.79 Å². The standard InChI is InChI=1S/C15H18N2OS/c1-4-5-14(18)17-15-16-13(9-19-15)12-7-6-10(2)8-11(12)3/h6-9H,4-5H2,1-3H3,(H,16,17,18). The van der Waals surface area contributed by atoms with E-state index in [0.717, 1.165) is 17.7 Å². The third-order valence-electron chi connectivity index (χ3n) is 2.89. The summed E-state index contributed by atoms with van der Waals surface area (Å²) in [5.74, 6) is 0.0315. The Morgan fingerprint density at radius 3 is 2.84 bits per heavy atom. The van der Waals surface area contributed by atoms with Crippen molar-refractivity contribution in [1.29, 1.82) is 0 Å². The Labute approximate surface area is 117 Å². The molecule has 0 aliphatic heterocycles. The van der Waals surface area contributed by atoms with E-state index in [1.165, 1.54) is 22.5 Å². The molecule has 0 fully saturated rings. The van der Waals surface area contributed by atoms with Crippen LogP contribution in [0.3, 0.4) is 0 Å². The topological polar surface area (TPSA) is 42.0 Å². The average molecular weight is 274 g/mol. The van der Waals surface area contributed by atoms with Gasteiger partial charge in [0.05, 0.1) is 5.69 Å². The largest absolute Gasteiger partial charge is 0.302 e. The number of nitrogens with zero attached hydrogens (tertiary/aromatic N) is 1. The third kappa shape index (κ3) is 3.41. The van der Waals surface area contributed by atoms with Crippen LogP contribution in [0.4, 0.5) is 5.13 Å². The summed E-state index contributed by atoms with van der Waals surface area (Å²) in [6.45, 7) is 6.15. The highest BCUT2D eigenvalue weighted by Gasteiger charge is 2.09. The van der Waals surface area contributed by atoms with Crippen molar-refractivity contribution in [2.45, 2.75) is 33.6 Å². The molecule has 0 saturated heterocycles. The molecule has 100 valence electrons. The van der Waals surface area contributed by atoms with Gasteiger partial charge < -0.3 is 5.32 Å². The molecule has 1 amide bonds. The molecule has 0 bridgehead atoms. The van der Waals surface area contributed by atoms with Gasteiger partial charge in [-0.3, -0.25) is 4.79 Å². The first-order valence-corrected chi connectivity index (χ1v) is 7.31. The highest BCUT2D eigenvalue weighted by atomic mass is 32.1. The van der Waals surface area contributed by atoms with Crippen LogP contribution in [0.5, 0.6) is 0 Å². The van der Waals surface area contributed by atoms with Crippen molar-refractivity contribution in [3.05, 3.63) is 34.7 Å². The molecule has 1 heterocycles. The molecule has 0 atom stereocenters. The minimum absolute atomic E-state index is 0.0315. The lowest BCUT2D eigenvalue weighted by molar-refractivity contribution is -0.116. The van der Waals surface area contributed by atoms with E-state index < -0.39 is 0 Å². The van der Waals surface area contributed by atoms with Crippen molar-refractivity contribution in [2.75, 3.05) is 5.32 Å². The Morgan fingerprint density at radius 2 is 2.16 bits per heavy atom. The number of anilines is 1. The molecule has 0 radical (unpaired) electrons. The first-order valence-electron chi connectivity index (χ1n) is 6.43. The molecule has 3 nitrogen and oxygen atoms in total. The van der Waals surface area contributed by atoms with E-state index in [1.807, 2.05) is 12.3 Å². The molecule has 1 aromatic heterocycles. The lowest BCUT2D eigenvalue weighted by Gasteiger charge is -2.03. The van der Waals surface area contributed by atoms with Crippen LogP contribution in [-0.2, 0) is 4.79 Å². The number of carbonyl (C=O) groups excluding carboxylic acids is 1. The van der Waals surface area contributed by atoms with E-state index >= 15 is 0 Å². The maximum absolute atomic E-state index is 11.5. The van der Waals surface area contributed by atoms with E-state index in [2.05, 4.69) is 42.3 Å². The number of amides is 1. The number of rotatable bonds is 4. The first-order chi connectivity index (χ1) is 9.10. The average Bonchev–Trinajstić information content (AvgIpc) is 2.77. The van der Waals surface area contributed by atoms with Gasteiger partial charge in [0.2, 0.25) is 5.91 Å². The van der Waals surface area contributed by atoms with Crippen molar-refractivity contribution in [3.63, 3.8) is 0 Å². The fourth-order valence-corrected chi connectivity index (χ4v) is 2.69. The zero-order chi connectivity index (χ0) is 13.8. The fraction of sp³-hybridized carbons (Fsp3) is 0.333. The molecule has 0 unspecified atom stereocenters. The maximum Gasteiger partial charge on any atom is 0.226 e. The minimum Gasteiger partial charge on any atom is -0.302 e. The number of thiazole rings is 1.